The van der Waals surface area contributed by atoms with Gasteiger partial charge in [0.25, 0.3) is 0 Å². The van der Waals surface area contributed by atoms with Crippen LogP contribution in [0.5, 0.6) is 0 Å². The molecule has 1 rings (SSSR count). The van der Waals surface area contributed by atoms with E-state index in [9.17, 15) is 9.59 Å². The van der Waals surface area contributed by atoms with Gasteiger partial charge in [0.15, 0.2) is 0 Å². The smallest absolute Gasteiger partial charge is 0.318 e. The van der Waals surface area contributed by atoms with E-state index in [1.54, 1.807) is 0 Å². The van der Waals surface area contributed by atoms with Gasteiger partial charge in [-0.1, -0.05) is 44.9 Å². The third-order valence-electron chi connectivity index (χ3n) is 5.31. The van der Waals surface area contributed by atoms with Gasteiger partial charge in [-0.2, -0.15) is 0 Å². The van der Waals surface area contributed by atoms with Crippen molar-refractivity contribution in [1.82, 2.24) is 5.32 Å². The van der Waals surface area contributed by atoms with Crippen LogP contribution in [0.15, 0.2) is 10.3 Å². The average Bonchev–Trinajstić information content (AvgIpc) is 2.60. The summed E-state index contributed by atoms with van der Waals surface area (Å²) in [4.78, 5) is 34.0. The first-order chi connectivity index (χ1) is 13.0. The molecule has 0 bridgehead atoms. The molecule has 0 heterocycles. The standard InChI is InChI=1S/C21H37N3O4/c1-8-15(3)23-27-18(25)10-11-21(7)13-17(12-20(5,6)14-21)22-19(26)28-24-16(4)9-2/h17H,8-14H2,1-7H3,(H,22,26)/b23-15+,24-16+. The highest BCUT2D eigenvalue weighted by Crippen LogP contribution is 2.48. The first-order valence-corrected chi connectivity index (χ1v) is 10.2. The molecule has 2 unspecified atom stereocenters. The molecule has 1 saturated carbocycles. The van der Waals surface area contributed by atoms with E-state index in [0.717, 1.165) is 43.5 Å². The summed E-state index contributed by atoms with van der Waals surface area (Å²) < 4.78 is 0. The Labute approximate surface area is 169 Å². The van der Waals surface area contributed by atoms with Gasteiger partial charge >= 0.3 is 12.1 Å². The molecule has 2 atom stereocenters. The minimum atomic E-state index is -0.526. The Balaban J connectivity index is 2.65. The molecule has 0 spiro atoms. The van der Waals surface area contributed by atoms with Crippen molar-refractivity contribution in [3.05, 3.63) is 0 Å². The summed E-state index contributed by atoms with van der Waals surface area (Å²) in [5.41, 5.74) is 1.53. The summed E-state index contributed by atoms with van der Waals surface area (Å²) in [6.07, 6.45) is 4.59. The summed E-state index contributed by atoms with van der Waals surface area (Å²) in [7, 11) is 0. The van der Waals surface area contributed by atoms with E-state index < -0.39 is 6.09 Å². The zero-order valence-corrected chi connectivity index (χ0v) is 18.6. The fourth-order valence-electron chi connectivity index (χ4n) is 3.95. The Morgan fingerprint density at radius 1 is 1.00 bits per heavy atom. The van der Waals surface area contributed by atoms with Crippen molar-refractivity contribution in [3.63, 3.8) is 0 Å². The van der Waals surface area contributed by atoms with Gasteiger partial charge in [-0.3, -0.25) is 4.84 Å². The Morgan fingerprint density at radius 3 is 2.14 bits per heavy atom. The Bertz CT molecular complexity index is 613. The maximum atomic E-state index is 12.1. The minimum Gasteiger partial charge on any atom is -0.318 e. The molecule has 7 nitrogen and oxygen atoms in total. The van der Waals surface area contributed by atoms with E-state index in [4.69, 9.17) is 9.68 Å². The topological polar surface area (TPSA) is 89.3 Å². The number of nitrogens with one attached hydrogen (secondary N) is 1. The zero-order valence-electron chi connectivity index (χ0n) is 18.6. The molecule has 1 amide bonds. The lowest BCUT2D eigenvalue weighted by atomic mass is 9.61. The predicted octanol–water partition coefficient (Wildman–Crippen LogP) is 5.19. The van der Waals surface area contributed by atoms with Gasteiger partial charge in [0.05, 0.1) is 11.4 Å². The highest BCUT2D eigenvalue weighted by molar-refractivity contribution is 5.82. The molecular formula is C21H37N3O4. The van der Waals surface area contributed by atoms with Crippen LogP contribution in [0.4, 0.5) is 4.79 Å². The second kappa shape index (κ2) is 10.6. The molecule has 0 saturated heterocycles. The van der Waals surface area contributed by atoms with Crippen molar-refractivity contribution < 1.29 is 19.3 Å². The highest BCUT2D eigenvalue weighted by atomic mass is 16.7. The Kier molecular flexibility index (Phi) is 9.11. The molecule has 28 heavy (non-hydrogen) atoms. The van der Waals surface area contributed by atoms with E-state index in [0.29, 0.717) is 12.8 Å². The van der Waals surface area contributed by atoms with E-state index >= 15 is 0 Å². The summed E-state index contributed by atoms with van der Waals surface area (Å²) in [5.74, 6) is -0.314. The van der Waals surface area contributed by atoms with E-state index in [1.165, 1.54) is 0 Å². The molecule has 1 N–H and O–H groups in total. The fourth-order valence-corrected chi connectivity index (χ4v) is 3.95. The van der Waals surface area contributed by atoms with Crippen LogP contribution < -0.4 is 5.32 Å². The first kappa shape index (κ1) is 24.1. The molecule has 1 aliphatic carbocycles. The monoisotopic (exact) mass is 395 g/mol. The second-order valence-electron chi connectivity index (χ2n) is 9.10. The second-order valence-corrected chi connectivity index (χ2v) is 9.10. The highest BCUT2D eigenvalue weighted by Gasteiger charge is 2.42. The van der Waals surface area contributed by atoms with Crippen LogP contribution in [-0.4, -0.2) is 29.5 Å². The van der Waals surface area contributed by atoms with Crippen molar-refractivity contribution >= 4 is 23.5 Å². The number of oxime groups is 2. The van der Waals surface area contributed by atoms with Gasteiger partial charge in [-0.25, -0.2) is 9.59 Å². The quantitative estimate of drug-likeness (QED) is 0.348. The van der Waals surface area contributed by atoms with Crippen LogP contribution in [0.25, 0.3) is 0 Å². The maximum absolute atomic E-state index is 12.1. The van der Waals surface area contributed by atoms with Gasteiger partial charge < -0.3 is 10.2 Å². The number of nitrogens with zero attached hydrogens (tertiary/aromatic N) is 2. The van der Waals surface area contributed by atoms with Crippen LogP contribution in [-0.2, 0) is 14.5 Å². The number of carbonyl (C=O) groups is 2. The van der Waals surface area contributed by atoms with Crippen LogP contribution in [0.1, 0.15) is 93.4 Å². The lowest BCUT2D eigenvalue weighted by Gasteiger charge is -2.46. The van der Waals surface area contributed by atoms with Crippen LogP contribution in [0.3, 0.4) is 0 Å². The lowest BCUT2D eigenvalue weighted by Crippen LogP contribution is -2.47. The normalized spacial score (nSPS) is 25.2. The number of hydrogen-bond acceptors (Lipinski definition) is 6. The van der Waals surface area contributed by atoms with Crippen LogP contribution >= 0.6 is 0 Å². The molecule has 0 radical (unpaired) electrons. The largest absolute Gasteiger partial charge is 0.433 e. The van der Waals surface area contributed by atoms with E-state index in [-0.39, 0.29) is 22.8 Å². The molecule has 0 aliphatic heterocycles. The number of amides is 1. The van der Waals surface area contributed by atoms with Crippen molar-refractivity contribution in [3.8, 4) is 0 Å². The lowest BCUT2D eigenvalue weighted by molar-refractivity contribution is -0.144. The SMILES string of the molecule is CC/C(C)=N/OC(=O)CCC1(C)CC(NC(=O)O/N=C(\C)CC)CC(C)(C)C1. The summed E-state index contributed by atoms with van der Waals surface area (Å²) in [6.45, 7) is 14.1. The maximum Gasteiger partial charge on any atom is 0.433 e. The van der Waals surface area contributed by atoms with Gasteiger partial charge in [0.2, 0.25) is 0 Å². The van der Waals surface area contributed by atoms with E-state index in [1.807, 2.05) is 27.7 Å². The fraction of sp³-hybridized carbons (Fsp3) is 0.810. The molecule has 1 aliphatic rings. The van der Waals surface area contributed by atoms with Crippen LogP contribution in [0.2, 0.25) is 0 Å². The number of carbonyl (C=O) groups excluding carboxylic acids is 2. The van der Waals surface area contributed by atoms with Crippen molar-refractivity contribution in [2.24, 2.45) is 21.1 Å². The van der Waals surface area contributed by atoms with Gasteiger partial charge in [0.1, 0.15) is 0 Å². The summed E-state index contributed by atoms with van der Waals surface area (Å²) in [6, 6.07) is -0.0187. The first-order valence-electron chi connectivity index (χ1n) is 10.2. The van der Waals surface area contributed by atoms with Crippen molar-refractivity contribution in [2.75, 3.05) is 0 Å². The van der Waals surface area contributed by atoms with Gasteiger partial charge in [-0.15, -0.1) is 0 Å². The summed E-state index contributed by atoms with van der Waals surface area (Å²) in [5, 5.41) is 10.6. The third kappa shape index (κ3) is 8.85. The molecular weight excluding hydrogens is 358 g/mol. The molecule has 0 aromatic carbocycles. The molecule has 7 heteroatoms. The van der Waals surface area contributed by atoms with E-state index in [2.05, 4.69) is 36.4 Å². The Morgan fingerprint density at radius 2 is 1.57 bits per heavy atom. The van der Waals surface area contributed by atoms with Gasteiger partial charge in [0, 0.05) is 12.5 Å². The minimum absolute atomic E-state index is 0.0187. The van der Waals surface area contributed by atoms with Gasteiger partial charge in [-0.05, 0) is 63.2 Å². The number of hydrogen-bond donors (Lipinski definition) is 1. The van der Waals surface area contributed by atoms with Crippen molar-refractivity contribution in [2.45, 2.75) is 99.5 Å². The van der Waals surface area contributed by atoms with Crippen LogP contribution in [0, 0.1) is 10.8 Å². The Hall–Kier alpha value is -1.92. The summed E-state index contributed by atoms with van der Waals surface area (Å²) >= 11 is 0. The molecule has 0 aromatic rings. The average molecular weight is 396 g/mol. The predicted molar refractivity (Wildman–Crippen MR) is 111 cm³/mol. The molecule has 0 aromatic heterocycles. The molecule has 160 valence electrons. The third-order valence-corrected chi connectivity index (χ3v) is 5.31. The number of rotatable bonds is 8. The molecule has 1 fully saturated rings. The van der Waals surface area contributed by atoms with Crippen molar-refractivity contribution in [1.29, 1.82) is 0 Å². The zero-order chi connectivity index (χ0) is 21.4.